The van der Waals surface area contributed by atoms with Crippen LogP contribution < -0.4 is 10.6 Å². The normalized spacial score (nSPS) is 10.3. The minimum Gasteiger partial charge on any atom is -0.379 e. The Kier molecular flexibility index (Phi) is 3.79. The number of aromatic amines is 1. The third kappa shape index (κ3) is 3.31. The van der Waals surface area contributed by atoms with Gasteiger partial charge in [0.25, 0.3) is 0 Å². The molecule has 100 valence electrons. The average Bonchev–Trinajstić information content (AvgIpc) is 2.75. The van der Waals surface area contributed by atoms with E-state index in [-0.39, 0.29) is 11.6 Å². The van der Waals surface area contributed by atoms with Crippen LogP contribution in [0, 0.1) is 12.7 Å². The molecule has 0 fully saturated rings. The highest BCUT2D eigenvalue weighted by Crippen LogP contribution is 2.20. The molecule has 0 bridgehead atoms. The van der Waals surface area contributed by atoms with Crippen molar-refractivity contribution in [3.63, 3.8) is 0 Å². The van der Waals surface area contributed by atoms with Crippen LogP contribution in [0.25, 0.3) is 0 Å². The van der Waals surface area contributed by atoms with Gasteiger partial charge in [0.2, 0.25) is 5.91 Å². The maximum absolute atomic E-state index is 13.4. The van der Waals surface area contributed by atoms with Gasteiger partial charge in [0, 0.05) is 18.3 Å². The van der Waals surface area contributed by atoms with E-state index in [0.29, 0.717) is 12.2 Å². The van der Waals surface area contributed by atoms with Crippen molar-refractivity contribution in [1.29, 1.82) is 0 Å². The summed E-state index contributed by atoms with van der Waals surface area (Å²) in [6, 6.07) is 4.48. The number of aryl methyl sites for hydroxylation is 1. The number of carbonyl (C=O) groups excluding carboxylic acids is 1. The standard InChI is InChI=1S/C13H15FN4O/c1-8-13(17-7-16-8)6-15-10-3-4-11(14)12(5-10)18-9(2)19/h3-5,7,15H,6H2,1-2H3,(H,16,17)(H,18,19). The maximum Gasteiger partial charge on any atom is 0.221 e. The number of hydrogen-bond donors (Lipinski definition) is 3. The molecule has 19 heavy (non-hydrogen) atoms. The van der Waals surface area contributed by atoms with Crippen LogP contribution in [-0.2, 0) is 11.3 Å². The summed E-state index contributed by atoms with van der Waals surface area (Å²) in [5.41, 5.74) is 2.76. The second-order valence-corrected chi connectivity index (χ2v) is 4.20. The second kappa shape index (κ2) is 5.51. The average molecular weight is 262 g/mol. The van der Waals surface area contributed by atoms with Crippen molar-refractivity contribution in [1.82, 2.24) is 9.97 Å². The van der Waals surface area contributed by atoms with Gasteiger partial charge in [0.15, 0.2) is 0 Å². The van der Waals surface area contributed by atoms with E-state index in [4.69, 9.17) is 0 Å². The Hall–Kier alpha value is -2.37. The van der Waals surface area contributed by atoms with Crippen molar-refractivity contribution in [3.05, 3.63) is 41.7 Å². The molecule has 2 rings (SSSR count). The van der Waals surface area contributed by atoms with Crippen LogP contribution in [0.5, 0.6) is 0 Å². The molecule has 0 aliphatic carbocycles. The van der Waals surface area contributed by atoms with Crippen molar-refractivity contribution in [2.45, 2.75) is 20.4 Å². The number of imidazole rings is 1. The van der Waals surface area contributed by atoms with E-state index in [0.717, 1.165) is 11.4 Å². The molecule has 2 aromatic rings. The van der Waals surface area contributed by atoms with Crippen LogP contribution in [0.2, 0.25) is 0 Å². The zero-order valence-electron chi connectivity index (χ0n) is 10.7. The Morgan fingerprint density at radius 3 is 2.89 bits per heavy atom. The topological polar surface area (TPSA) is 69.8 Å². The van der Waals surface area contributed by atoms with Gasteiger partial charge in [-0.15, -0.1) is 0 Å². The van der Waals surface area contributed by atoms with E-state index in [2.05, 4.69) is 20.6 Å². The number of nitrogens with one attached hydrogen (secondary N) is 3. The first-order valence-electron chi connectivity index (χ1n) is 5.86. The highest BCUT2D eigenvalue weighted by Gasteiger charge is 2.06. The van der Waals surface area contributed by atoms with Crippen molar-refractivity contribution >= 4 is 17.3 Å². The summed E-state index contributed by atoms with van der Waals surface area (Å²) in [7, 11) is 0. The first kappa shape index (κ1) is 13.1. The quantitative estimate of drug-likeness (QED) is 0.792. The Balaban J connectivity index is 2.08. The summed E-state index contributed by atoms with van der Waals surface area (Å²) in [5.74, 6) is -0.768. The monoisotopic (exact) mass is 262 g/mol. The number of carbonyl (C=O) groups is 1. The highest BCUT2D eigenvalue weighted by molar-refractivity contribution is 5.89. The lowest BCUT2D eigenvalue weighted by molar-refractivity contribution is -0.114. The zero-order chi connectivity index (χ0) is 13.8. The third-order valence-electron chi connectivity index (χ3n) is 2.67. The van der Waals surface area contributed by atoms with Gasteiger partial charge in [-0.05, 0) is 25.1 Å². The van der Waals surface area contributed by atoms with Gasteiger partial charge in [0.1, 0.15) is 5.82 Å². The van der Waals surface area contributed by atoms with Gasteiger partial charge in [-0.1, -0.05) is 0 Å². The molecule has 0 aliphatic heterocycles. The Morgan fingerprint density at radius 1 is 1.47 bits per heavy atom. The van der Waals surface area contributed by atoms with Crippen LogP contribution in [0.15, 0.2) is 24.5 Å². The number of amides is 1. The number of rotatable bonds is 4. The molecule has 1 aromatic heterocycles. The fourth-order valence-electron chi connectivity index (χ4n) is 1.67. The molecule has 0 spiro atoms. The predicted molar refractivity (Wildman–Crippen MR) is 71.4 cm³/mol. The molecule has 3 N–H and O–H groups in total. The number of nitrogens with zero attached hydrogens (tertiary/aromatic N) is 1. The van der Waals surface area contributed by atoms with Crippen LogP contribution in [0.4, 0.5) is 15.8 Å². The van der Waals surface area contributed by atoms with Crippen LogP contribution in [0.1, 0.15) is 18.3 Å². The molecular formula is C13H15FN4O. The third-order valence-corrected chi connectivity index (χ3v) is 2.67. The van der Waals surface area contributed by atoms with Crippen molar-refractivity contribution in [2.24, 2.45) is 0 Å². The van der Waals surface area contributed by atoms with E-state index >= 15 is 0 Å². The number of H-pyrrole nitrogens is 1. The van der Waals surface area contributed by atoms with E-state index in [1.165, 1.54) is 13.0 Å². The Bertz CT molecular complexity index is 594. The lowest BCUT2D eigenvalue weighted by Gasteiger charge is -2.09. The molecule has 0 atom stereocenters. The summed E-state index contributed by atoms with van der Waals surface area (Å²) < 4.78 is 13.4. The minimum atomic E-state index is -0.461. The molecule has 1 heterocycles. The van der Waals surface area contributed by atoms with E-state index in [9.17, 15) is 9.18 Å². The number of anilines is 2. The smallest absolute Gasteiger partial charge is 0.221 e. The largest absolute Gasteiger partial charge is 0.379 e. The summed E-state index contributed by atoms with van der Waals surface area (Å²) in [6.45, 7) is 3.80. The molecule has 5 nitrogen and oxygen atoms in total. The lowest BCUT2D eigenvalue weighted by atomic mass is 10.2. The Morgan fingerprint density at radius 2 is 2.26 bits per heavy atom. The van der Waals surface area contributed by atoms with Gasteiger partial charge in [-0.25, -0.2) is 9.37 Å². The molecule has 1 amide bonds. The second-order valence-electron chi connectivity index (χ2n) is 4.20. The van der Waals surface area contributed by atoms with Crippen molar-refractivity contribution in [2.75, 3.05) is 10.6 Å². The molecule has 0 saturated carbocycles. The van der Waals surface area contributed by atoms with Crippen molar-refractivity contribution in [3.8, 4) is 0 Å². The number of hydrogen-bond acceptors (Lipinski definition) is 3. The van der Waals surface area contributed by atoms with Gasteiger partial charge < -0.3 is 15.6 Å². The molecule has 1 aromatic carbocycles. The zero-order valence-corrected chi connectivity index (χ0v) is 10.7. The minimum absolute atomic E-state index is 0.163. The van der Waals surface area contributed by atoms with Crippen molar-refractivity contribution < 1.29 is 9.18 Å². The van der Waals surface area contributed by atoms with Crippen LogP contribution >= 0.6 is 0 Å². The van der Waals surface area contributed by atoms with E-state index in [1.807, 2.05) is 6.92 Å². The molecule has 0 saturated heterocycles. The number of halogens is 1. The maximum atomic E-state index is 13.4. The van der Waals surface area contributed by atoms with Gasteiger partial charge in [-0.3, -0.25) is 4.79 Å². The molecule has 0 radical (unpaired) electrons. The number of benzene rings is 1. The predicted octanol–water partition coefficient (Wildman–Crippen LogP) is 2.43. The van der Waals surface area contributed by atoms with Gasteiger partial charge >= 0.3 is 0 Å². The fraction of sp³-hybridized carbons (Fsp3) is 0.231. The molecular weight excluding hydrogens is 247 g/mol. The lowest BCUT2D eigenvalue weighted by Crippen LogP contribution is -2.08. The SMILES string of the molecule is CC(=O)Nc1cc(NCc2nc[nH]c2C)ccc1F. The van der Waals surface area contributed by atoms with Gasteiger partial charge in [0.05, 0.1) is 24.3 Å². The van der Waals surface area contributed by atoms with Crippen LogP contribution in [-0.4, -0.2) is 15.9 Å². The fourth-order valence-corrected chi connectivity index (χ4v) is 1.67. The highest BCUT2D eigenvalue weighted by atomic mass is 19.1. The summed E-state index contributed by atoms with van der Waals surface area (Å²) in [6.07, 6.45) is 1.62. The van der Waals surface area contributed by atoms with Gasteiger partial charge in [-0.2, -0.15) is 0 Å². The van der Waals surface area contributed by atoms with Crippen LogP contribution in [0.3, 0.4) is 0 Å². The number of aromatic nitrogens is 2. The van der Waals surface area contributed by atoms with E-state index < -0.39 is 5.82 Å². The summed E-state index contributed by atoms with van der Waals surface area (Å²) in [5, 5.41) is 5.57. The molecule has 0 aliphatic rings. The first-order valence-corrected chi connectivity index (χ1v) is 5.86. The summed E-state index contributed by atoms with van der Waals surface area (Å²) >= 11 is 0. The Labute approximate surface area is 110 Å². The van der Waals surface area contributed by atoms with E-state index in [1.54, 1.807) is 18.5 Å². The molecule has 0 unspecified atom stereocenters. The molecule has 6 heteroatoms. The first-order chi connectivity index (χ1) is 9.06. The summed E-state index contributed by atoms with van der Waals surface area (Å²) in [4.78, 5) is 18.1.